The maximum atomic E-state index is 6.55. The molecule has 0 aliphatic rings. The van der Waals surface area contributed by atoms with Crippen LogP contribution in [-0.4, -0.2) is 19.5 Å². The molecule has 0 bridgehead atoms. The van der Waals surface area contributed by atoms with Crippen molar-refractivity contribution in [2.75, 3.05) is 0 Å². The maximum absolute atomic E-state index is 6.55. The van der Waals surface area contributed by atoms with Gasteiger partial charge in [-0.1, -0.05) is 140 Å². The molecule has 5 heteroatoms. The fourth-order valence-electron chi connectivity index (χ4n) is 7.94. The molecule has 0 unspecified atom stereocenters. The van der Waals surface area contributed by atoms with Gasteiger partial charge in [0.2, 0.25) is 0 Å². The molecule has 8 aromatic carbocycles. The Morgan fingerprint density at radius 3 is 1.78 bits per heavy atom. The molecule has 0 atom stereocenters. The molecule has 5 nitrogen and oxygen atoms in total. The number of aromatic nitrogens is 4. The predicted octanol–water partition coefficient (Wildman–Crippen LogP) is 12.7. The van der Waals surface area contributed by atoms with Gasteiger partial charge < -0.3 is 8.98 Å². The van der Waals surface area contributed by atoms with Crippen LogP contribution < -0.4 is 0 Å². The Labute approximate surface area is 310 Å². The summed E-state index contributed by atoms with van der Waals surface area (Å²) >= 11 is 0. The molecule has 0 amide bonds. The monoisotopic (exact) mass is 690 g/mol. The predicted molar refractivity (Wildman–Crippen MR) is 221 cm³/mol. The molecule has 3 aromatic heterocycles. The highest BCUT2D eigenvalue weighted by atomic mass is 16.3. The van der Waals surface area contributed by atoms with Gasteiger partial charge >= 0.3 is 0 Å². The van der Waals surface area contributed by atoms with Gasteiger partial charge in [-0.15, -0.1) is 0 Å². The minimum atomic E-state index is 0.605. The summed E-state index contributed by atoms with van der Waals surface area (Å²) < 4.78 is 8.92. The highest BCUT2D eigenvalue weighted by molar-refractivity contribution is 6.21. The molecular weight excluding hydrogens is 661 g/mol. The standard InChI is InChI=1S/C49H30N4O/c1-3-13-33(14-4-1)47-50-48(34-15-5-2-6-16-34)52-49(51-47)40-19-11-21-43-46(40)39-28-24-35(30-44(39)54-43)31-22-26-36(27-23-31)53-41-20-10-9-18-38(41)45-37-17-8-7-12-32(37)25-29-42(45)53/h1-30H. The highest BCUT2D eigenvalue weighted by Crippen LogP contribution is 2.40. The summed E-state index contributed by atoms with van der Waals surface area (Å²) in [5, 5.41) is 7.06. The first-order valence-electron chi connectivity index (χ1n) is 18.1. The third kappa shape index (κ3) is 4.83. The molecule has 0 saturated heterocycles. The van der Waals surface area contributed by atoms with Gasteiger partial charge in [-0.25, -0.2) is 15.0 Å². The zero-order valence-electron chi connectivity index (χ0n) is 29.0. The average molecular weight is 691 g/mol. The third-order valence-corrected chi connectivity index (χ3v) is 10.5. The first-order chi connectivity index (χ1) is 26.8. The maximum Gasteiger partial charge on any atom is 0.164 e. The van der Waals surface area contributed by atoms with E-state index in [1.54, 1.807) is 0 Å². The fraction of sp³-hybridized carbons (Fsp3) is 0. The number of nitrogens with zero attached hydrogens (tertiary/aromatic N) is 4. The first kappa shape index (κ1) is 30.3. The largest absolute Gasteiger partial charge is 0.456 e. The Morgan fingerprint density at radius 1 is 0.370 bits per heavy atom. The van der Waals surface area contributed by atoms with E-state index in [0.717, 1.165) is 55.4 Å². The van der Waals surface area contributed by atoms with E-state index in [4.69, 9.17) is 19.4 Å². The van der Waals surface area contributed by atoms with E-state index in [1.165, 1.54) is 32.6 Å². The van der Waals surface area contributed by atoms with E-state index in [1.807, 2.05) is 72.8 Å². The lowest BCUT2D eigenvalue weighted by atomic mass is 10.0. The van der Waals surface area contributed by atoms with Crippen molar-refractivity contribution < 1.29 is 4.42 Å². The molecule has 0 fully saturated rings. The van der Waals surface area contributed by atoms with Crippen molar-refractivity contribution in [3.8, 4) is 51.0 Å². The van der Waals surface area contributed by atoms with Gasteiger partial charge in [0.1, 0.15) is 11.2 Å². The Balaban J connectivity index is 1.01. The quantitative estimate of drug-likeness (QED) is 0.180. The van der Waals surface area contributed by atoms with Crippen molar-refractivity contribution in [2.45, 2.75) is 0 Å². The summed E-state index contributed by atoms with van der Waals surface area (Å²) in [4.78, 5) is 14.9. The molecule has 54 heavy (non-hydrogen) atoms. The lowest BCUT2D eigenvalue weighted by Gasteiger charge is -2.10. The molecule has 0 N–H and O–H groups in total. The number of hydrogen-bond acceptors (Lipinski definition) is 4. The van der Waals surface area contributed by atoms with Crippen LogP contribution in [0, 0.1) is 0 Å². The number of para-hydroxylation sites is 1. The Hall–Kier alpha value is -7.37. The number of furan rings is 1. The van der Waals surface area contributed by atoms with Crippen LogP contribution in [0.2, 0.25) is 0 Å². The van der Waals surface area contributed by atoms with Crippen LogP contribution in [0.15, 0.2) is 186 Å². The van der Waals surface area contributed by atoms with Crippen molar-refractivity contribution in [1.82, 2.24) is 19.5 Å². The summed E-state index contributed by atoms with van der Waals surface area (Å²) in [6.45, 7) is 0. The minimum Gasteiger partial charge on any atom is -0.456 e. The van der Waals surface area contributed by atoms with Gasteiger partial charge in [-0.2, -0.15) is 0 Å². The second-order valence-electron chi connectivity index (χ2n) is 13.6. The van der Waals surface area contributed by atoms with E-state index in [9.17, 15) is 0 Å². The van der Waals surface area contributed by atoms with Crippen molar-refractivity contribution >= 4 is 54.5 Å². The van der Waals surface area contributed by atoms with Gasteiger partial charge in [-0.05, 0) is 64.4 Å². The summed E-state index contributed by atoms with van der Waals surface area (Å²) in [5.41, 5.74) is 10.1. The average Bonchev–Trinajstić information content (AvgIpc) is 3.80. The van der Waals surface area contributed by atoms with Crippen LogP contribution in [0.4, 0.5) is 0 Å². The van der Waals surface area contributed by atoms with Crippen LogP contribution in [0.25, 0.3) is 105 Å². The van der Waals surface area contributed by atoms with Gasteiger partial charge in [0, 0.05) is 43.9 Å². The number of fused-ring (bicyclic) bond motifs is 8. The molecule has 0 spiro atoms. The number of benzene rings is 8. The lowest BCUT2D eigenvalue weighted by Crippen LogP contribution is -2.00. The Kier molecular flexibility index (Phi) is 6.79. The van der Waals surface area contributed by atoms with Crippen LogP contribution >= 0.6 is 0 Å². The second-order valence-corrected chi connectivity index (χ2v) is 13.6. The second kappa shape index (κ2) is 12.1. The van der Waals surface area contributed by atoms with Crippen molar-refractivity contribution in [2.24, 2.45) is 0 Å². The number of rotatable bonds is 5. The normalized spacial score (nSPS) is 11.7. The summed E-state index contributed by atoms with van der Waals surface area (Å²) in [5.74, 6) is 1.86. The van der Waals surface area contributed by atoms with Crippen molar-refractivity contribution in [3.63, 3.8) is 0 Å². The Bertz CT molecular complexity index is 3140. The molecule has 0 aliphatic heterocycles. The van der Waals surface area contributed by atoms with E-state index in [2.05, 4.69) is 114 Å². The molecule has 0 saturated carbocycles. The fourth-order valence-corrected chi connectivity index (χ4v) is 7.94. The minimum absolute atomic E-state index is 0.605. The third-order valence-electron chi connectivity index (χ3n) is 10.5. The summed E-state index contributed by atoms with van der Waals surface area (Å²) in [6, 6.07) is 63.3. The summed E-state index contributed by atoms with van der Waals surface area (Å²) in [7, 11) is 0. The van der Waals surface area contributed by atoms with Gasteiger partial charge in [0.15, 0.2) is 17.5 Å². The SMILES string of the molecule is c1ccc(-c2nc(-c3ccccc3)nc(-c3cccc4oc5cc(-c6ccc(-n7c8ccccc8c8c9ccccc9ccc87)cc6)ccc5c34)n2)cc1. The van der Waals surface area contributed by atoms with Gasteiger partial charge in [-0.3, -0.25) is 0 Å². The molecule has 252 valence electrons. The molecule has 0 aliphatic carbocycles. The lowest BCUT2D eigenvalue weighted by molar-refractivity contribution is 0.669. The van der Waals surface area contributed by atoms with E-state index in [-0.39, 0.29) is 0 Å². The Morgan fingerprint density at radius 2 is 1.02 bits per heavy atom. The molecule has 11 rings (SSSR count). The molecule has 0 radical (unpaired) electrons. The van der Waals surface area contributed by atoms with Crippen LogP contribution in [0.1, 0.15) is 0 Å². The highest BCUT2D eigenvalue weighted by Gasteiger charge is 2.19. The zero-order chi connectivity index (χ0) is 35.6. The zero-order valence-corrected chi connectivity index (χ0v) is 29.0. The van der Waals surface area contributed by atoms with Crippen molar-refractivity contribution in [3.05, 3.63) is 182 Å². The van der Waals surface area contributed by atoms with Crippen molar-refractivity contribution in [1.29, 1.82) is 0 Å². The molecule has 11 aromatic rings. The van der Waals surface area contributed by atoms with Crippen LogP contribution in [0.5, 0.6) is 0 Å². The van der Waals surface area contributed by atoms with E-state index < -0.39 is 0 Å². The first-order valence-corrected chi connectivity index (χ1v) is 18.1. The summed E-state index contributed by atoms with van der Waals surface area (Å²) in [6.07, 6.45) is 0. The molecule has 3 heterocycles. The van der Waals surface area contributed by atoms with Gasteiger partial charge in [0.25, 0.3) is 0 Å². The van der Waals surface area contributed by atoms with Gasteiger partial charge in [0.05, 0.1) is 11.0 Å². The van der Waals surface area contributed by atoms with E-state index in [0.29, 0.717) is 17.5 Å². The van der Waals surface area contributed by atoms with Crippen LogP contribution in [0.3, 0.4) is 0 Å². The number of hydrogen-bond donors (Lipinski definition) is 0. The smallest absolute Gasteiger partial charge is 0.164 e. The topological polar surface area (TPSA) is 56.7 Å². The molecular formula is C49H30N4O. The van der Waals surface area contributed by atoms with Crippen LogP contribution in [-0.2, 0) is 0 Å². The van der Waals surface area contributed by atoms with E-state index >= 15 is 0 Å².